The lowest BCUT2D eigenvalue weighted by molar-refractivity contribution is 0.0735. The molecule has 0 N–H and O–H groups in total. The molecular weight excluding hydrogens is 272 g/mol. The lowest BCUT2D eigenvalue weighted by Gasteiger charge is -2.25. The van der Waals surface area contributed by atoms with Crippen LogP contribution < -0.4 is 0 Å². The van der Waals surface area contributed by atoms with Gasteiger partial charge in [0.15, 0.2) is 0 Å². The fraction of sp³-hybridized carbons (Fsp3) is 0.250. The maximum atomic E-state index is 12.6. The number of hydrogen-bond acceptors (Lipinski definition) is 2. The quantitative estimate of drug-likeness (QED) is 0.789. The van der Waals surface area contributed by atoms with Crippen LogP contribution in [0, 0.1) is 0 Å². The zero-order valence-electron chi connectivity index (χ0n) is 11.0. The molecule has 1 atom stereocenters. The molecular formula is C16H15ClN2O. The zero-order valence-corrected chi connectivity index (χ0v) is 11.8. The zero-order chi connectivity index (χ0) is 13.9. The van der Waals surface area contributed by atoms with Crippen molar-refractivity contribution < 1.29 is 4.79 Å². The van der Waals surface area contributed by atoms with Crippen LogP contribution >= 0.6 is 11.6 Å². The number of halogens is 1. The highest BCUT2D eigenvalue weighted by molar-refractivity contribution is 6.30. The second kappa shape index (κ2) is 5.63. The van der Waals surface area contributed by atoms with Crippen LogP contribution in [0.5, 0.6) is 0 Å². The van der Waals surface area contributed by atoms with Crippen molar-refractivity contribution in [2.24, 2.45) is 0 Å². The van der Waals surface area contributed by atoms with Crippen LogP contribution in [0.25, 0.3) is 0 Å². The number of pyridine rings is 1. The number of aromatic nitrogens is 1. The summed E-state index contributed by atoms with van der Waals surface area (Å²) in [6, 6.07) is 13.2. The number of amides is 1. The van der Waals surface area contributed by atoms with Crippen molar-refractivity contribution >= 4 is 17.5 Å². The summed E-state index contributed by atoms with van der Waals surface area (Å²) in [5, 5.41) is 0.491. The van der Waals surface area contributed by atoms with Gasteiger partial charge in [0, 0.05) is 23.9 Å². The van der Waals surface area contributed by atoms with Gasteiger partial charge in [-0.25, -0.2) is 4.98 Å². The molecule has 1 saturated heterocycles. The van der Waals surface area contributed by atoms with Crippen molar-refractivity contribution in [1.29, 1.82) is 0 Å². The van der Waals surface area contributed by atoms with Crippen LogP contribution in [0.2, 0.25) is 5.15 Å². The van der Waals surface area contributed by atoms with Crippen molar-refractivity contribution in [2.45, 2.75) is 18.9 Å². The first-order valence-electron chi connectivity index (χ1n) is 6.74. The highest BCUT2D eigenvalue weighted by Crippen LogP contribution is 2.35. The molecule has 4 heteroatoms. The first kappa shape index (κ1) is 13.1. The summed E-state index contributed by atoms with van der Waals surface area (Å²) in [6.45, 7) is 0.767. The minimum atomic E-state index is 0.0314. The molecule has 1 amide bonds. The molecule has 0 radical (unpaired) electrons. The van der Waals surface area contributed by atoms with Crippen molar-refractivity contribution in [2.75, 3.05) is 6.54 Å². The Bertz CT molecular complexity index is 615. The third-order valence-corrected chi connectivity index (χ3v) is 4.00. The Morgan fingerprint density at radius 1 is 1.20 bits per heavy atom. The fourth-order valence-electron chi connectivity index (χ4n) is 2.73. The number of benzene rings is 1. The van der Waals surface area contributed by atoms with Gasteiger partial charge < -0.3 is 4.90 Å². The van der Waals surface area contributed by atoms with E-state index in [0.29, 0.717) is 5.15 Å². The summed E-state index contributed by atoms with van der Waals surface area (Å²) in [4.78, 5) is 18.6. The molecule has 2 aromatic rings. The van der Waals surface area contributed by atoms with E-state index in [0.717, 1.165) is 30.5 Å². The molecule has 0 unspecified atom stereocenters. The average Bonchev–Trinajstić information content (AvgIpc) is 2.97. The first-order chi connectivity index (χ1) is 9.77. The van der Waals surface area contributed by atoms with Crippen LogP contribution in [0.15, 0.2) is 48.7 Å². The van der Waals surface area contributed by atoms with Crippen molar-refractivity contribution in [3.8, 4) is 0 Å². The number of carbonyl (C=O) groups excluding carboxylic acids is 1. The van der Waals surface area contributed by atoms with Gasteiger partial charge >= 0.3 is 0 Å². The van der Waals surface area contributed by atoms with Crippen molar-refractivity contribution in [1.82, 2.24) is 9.88 Å². The van der Waals surface area contributed by atoms with Gasteiger partial charge in [-0.3, -0.25) is 4.79 Å². The lowest BCUT2D eigenvalue weighted by Crippen LogP contribution is -2.30. The van der Waals surface area contributed by atoms with E-state index in [1.165, 1.54) is 0 Å². The molecule has 1 aliphatic heterocycles. The van der Waals surface area contributed by atoms with E-state index >= 15 is 0 Å². The molecule has 1 aromatic heterocycles. The van der Waals surface area contributed by atoms with Gasteiger partial charge in [0.2, 0.25) is 0 Å². The van der Waals surface area contributed by atoms with E-state index in [4.69, 9.17) is 11.6 Å². The lowest BCUT2D eigenvalue weighted by atomic mass is 10.1. The Labute approximate surface area is 123 Å². The molecule has 1 aliphatic rings. The number of rotatable bonds is 2. The number of nitrogens with zero attached hydrogens (tertiary/aromatic N) is 2. The predicted octanol–water partition coefficient (Wildman–Crippen LogP) is 3.71. The Morgan fingerprint density at radius 2 is 2.00 bits per heavy atom. The summed E-state index contributed by atoms with van der Waals surface area (Å²) in [7, 11) is 0. The van der Waals surface area contributed by atoms with Crippen LogP contribution in [-0.2, 0) is 0 Å². The standard InChI is InChI=1S/C16H15ClN2O/c17-15-13(8-4-10-18-15)14-9-5-11-19(14)16(20)12-6-2-1-3-7-12/h1-4,6-8,10,14H,5,9,11H2/t14-/m1/s1. The SMILES string of the molecule is O=C(c1ccccc1)N1CCC[C@@H]1c1cccnc1Cl. The number of carbonyl (C=O) groups is 1. The molecule has 3 rings (SSSR count). The molecule has 0 saturated carbocycles. The molecule has 1 aromatic carbocycles. The van der Waals surface area contributed by atoms with E-state index in [1.54, 1.807) is 6.20 Å². The predicted molar refractivity (Wildman–Crippen MR) is 78.7 cm³/mol. The molecule has 3 nitrogen and oxygen atoms in total. The second-order valence-electron chi connectivity index (χ2n) is 4.91. The summed E-state index contributed by atoms with van der Waals surface area (Å²) < 4.78 is 0. The summed E-state index contributed by atoms with van der Waals surface area (Å²) in [6.07, 6.45) is 3.60. The Morgan fingerprint density at radius 3 is 2.75 bits per heavy atom. The summed E-state index contributed by atoms with van der Waals surface area (Å²) in [5.41, 5.74) is 1.66. The van der Waals surface area contributed by atoms with Gasteiger partial charge in [0.05, 0.1) is 6.04 Å². The number of likely N-dealkylation sites (tertiary alicyclic amines) is 1. The second-order valence-corrected chi connectivity index (χ2v) is 5.26. The monoisotopic (exact) mass is 286 g/mol. The van der Waals surface area contributed by atoms with Gasteiger partial charge in [0.25, 0.3) is 5.91 Å². The van der Waals surface area contributed by atoms with Crippen molar-refractivity contribution in [3.05, 3.63) is 64.9 Å². The average molecular weight is 287 g/mol. The smallest absolute Gasteiger partial charge is 0.254 e. The Kier molecular flexibility index (Phi) is 3.70. The molecule has 0 aliphatic carbocycles. The minimum Gasteiger partial charge on any atom is -0.331 e. The van der Waals surface area contributed by atoms with Crippen LogP contribution in [-0.4, -0.2) is 22.3 Å². The third-order valence-electron chi connectivity index (χ3n) is 3.68. The molecule has 0 bridgehead atoms. The molecule has 1 fully saturated rings. The maximum absolute atomic E-state index is 12.6. The van der Waals surface area contributed by atoms with Gasteiger partial charge in [0.1, 0.15) is 5.15 Å². The maximum Gasteiger partial charge on any atom is 0.254 e. The highest BCUT2D eigenvalue weighted by Gasteiger charge is 2.31. The van der Waals surface area contributed by atoms with Gasteiger partial charge in [-0.1, -0.05) is 35.9 Å². The molecule has 102 valence electrons. The summed E-state index contributed by atoms with van der Waals surface area (Å²) in [5.74, 6) is 0.0630. The van der Waals surface area contributed by atoms with E-state index in [2.05, 4.69) is 4.98 Å². The molecule has 2 heterocycles. The third kappa shape index (κ3) is 2.41. The topological polar surface area (TPSA) is 33.2 Å². The molecule has 20 heavy (non-hydrogen) atoms. The van der Waals surface area contributed by atoms with Gasteiger partial charge in [-0.05, 0) is 31.0 Å². The van der Waals surface area contributed by atoms with Gasteiger partial charge in [-0.2, -0.15) is 0 Å². The largest absolute Gasteiger partial charge is 0.331 e. The van der Waals surface area contributed by atoms with E-state index in [1.807, 2.05) is 47.4 Å². The van der Waals surface area contributed by atoms with Crippen LogP contribution in [0.1, 0.15) is 34.8 Å². The van der Waals surface area contributed by atoms with Crippen LogP contribution in [0.4, 0.5) is 0 Å². The highest BCUT2D eigenvalue weighted by atomic mass is 35.5. The summed E-state index contributed by atoms with van der Waals surface area (Å²) >= 11 is 6.17. The van der Waals surface area contributed by atoms with E-state index < -0.39 is 0 Å². The van der Waals surface area contributed by atoms with Crippen molar-refractivity contribution in [3.63, 3.8) is 0 Å². The van der Waals surface area contributed by atoms with E-state index in [-0.39, 0.29) is 11.9 Å². The number of hydrogen-bond donors (Lipinski definition) is 0. The van der Waals surface area contributed by atoms with E-state index in [9.17, 15) is 4.79 Å². The Hall–Kier alpha value is -1.87. The Balaban J connectivity index is 1.90. The first-order valence-corrected chi connectivity index (χ1v) is 7.11. The fourth-order valence-corrected chi connectivity index (χ4v) is 2.97. The molecule has 0 spiro atoms. The normalized spacial score (nSPS) is 18.2. The van der Waals surface area contributed by atoms with Gasteiger partial charge in [-0.15, -0.1) is 0 Å². The van der Waals surface area contributed by atoms with Crippen LogP contribution in [0.3, 0.4) is 0 Å². The minimum absolute atomic E-state index is 0.0314.